The summed E-state index contributed by atoms with van der Waals surface area (Å²) in [5, 5.41) is 3.38. The predicted molar refractivity (Wildman–Crippen MR) is 74.6 cm³/mol. The Morgan fingerprint density at radius 3 is 3.16 bits per heavy atom. The molecular weight excluding hydrogens is 264 g/mol. The minimum Gasteiger partial charge on any atom is -0.376 e. The number of thiazole rings is 1. The van der Waals surface area contributed by atoms with Gasteiger partial charge < -0.3 is 9.47 Å². The van der Waals surface area contributed by atoms with Gasteiger partial charge >= 0.3 is 0 Å². The lowest BCUT2D eigenvalue weighted by atomic mass is 10.2. The van der Waals surface area contributed by atoms with Gasteiger partial charge in [-0.1, -0.05) is 13.8 Å². The number of hydrogen-bond acceptors (Lipinski definition) is 5. The molecular formula is C13H20N2O3S. The maximum Gasteiger partial charge on any atom is 0.252 e. The van der Waals surface area contributed by atoms with Crippen molar-refractivity contribution in [2.45, 2.75) is 38.7 Å². The number of carbonyl (C=O) groups is 1. The smallest absolute Gasteiger partial charge is 0.252 e. The third-order valence-electron chi connectivity index (χ3n) is 2.90. The topological polar surface area (TPSA) is 60.5 Å². The fourth-order valence-electron chi connectivity index (χ4n) is 1.83. The minimum absolute atomic E-state index is 0.0520. The second kappa shape index (κ2) is 6.98. The molecule has 1 fully saturated rings. The normalized spacial score (nSPS) is 19.0. The molecule has 0 radical (unpaired) electrons. The third-order valence-corrected chi connectivity index (χ3v) is 4.11. The molecule has 106 valence electrons. The van der Waals surface area contributed by atoms with Crippen molar-refractivity contribution >= 4 is 22.4 Å². The molecule has 0 spiro atoms. The van der Waals surface area contributed by atoms with Crippen LogP contribution in [0, 0.1) is 0 Å². The van der Waals surface area contributed by atoms with Crippen LogP contribution in [0.4, 0.5) is 5.13 Å². The highest BCUT2D eigenvalue weighted by Gasteiger charge is 2.16. The first-order valence-electron chi connectivity index (χ1n) is 6.60. The van der Waals surface area contributed by atoms with Crippen molar-refractivity contribution in [2.75, 3.05) is 25.1 Å². The van der Waals surface area contributed by atoms with Crippen LogP contribution in [-0.2, 0) is 14.3 Å². The Morgan fingerprint density at radius 2 is 2.53 bits per heavy atom. The highest BCUT2D eigenvalue weighted by Crippen LogP contribution is 2.24. The maximum absolute atomic E-state index is 11.7. The molecule has 1 unspecified atom stereocenters. The zero-order chi connectivity index (χ0) is 13.7. The standard InChI is InChI=1S/C13H20N2O3S/c1-9(2)11-6-14-13(19-11)15-12(16)8-17-7-10-4-3-5-18-10/h6,9-10H,3-5,7-8H2,1-2H3,(H,14,15,16). The van der Waals surface area contributed by atoms with Crippen molar-refractivity contribution in [3.8, 4) is 0 Å². The lowest BCUT2D eigenvalue weighted by Crippen LogP contribution is -2.22. The molecule has 19 heavy (non-hydrogen) atoms. The molecule has 0 aliphatic carbocycles. The van der Waals surface area contributed by atoms with Crippen molar-refractivity contribution < 1.29 is 14.3 Å². The van der Waals surface area contributed by atoms with Gasteiger partial charge in [-0.05, 0) is 18.8 Å². The van der Waals surface area contributed by atoms with Crippen LogP contribution in [-0.4, -0.2) is 36.8 Å². The van der Waals surface area contributed by atoms with E-state index >= 15 is 0 Å². The summed E-state index contributed by atoms with van der Waals surface area (Å²) >= 11 is 1.50. The van der Waals surface area contributed by atoms with Gasteiger partial charge in [-0.3, -0.25) is 10.1 Å². The Bertz CT molecular complexity index is 414. The van der Waals surface area contributed by atoms with Crippen LogP contribution < -0.4 is 5.32 Å². The van der Waals surface area contributed by atoms with Crippen LogP contribution in [0.1, 0.15) is 37.5 Å². The summed E-state index contributed by atoms with van der Waals surface area (Å²) < 4.78 is 10.8. The third kappa shape index (κ3) is 4.56. The molecule has 1 N–H and O–H groups in total. The van der Waals surface area contributed by atoms with Gasteiger partial charge in [0.1, 0.15) is 6.61 Å². The van der Waals surface area contributed by atoms with Crippen molar-refractivity contribution in [1.82, 2.24) is 4.98 Å². The number of anilines is 1. The van der Waals surface area contributed by atoms with Gasteiger partial charge in [-0.15, -0.1) is 11.3 Å². The predicted octanol–water partition coefficient (Wildman–Crippen LogP) is 2.40. The molecule has 1 aromatic rings. The van der Waals surface area contributed by atoms with E-state index in [1.165, 1.54) is 11.3 Å². The van der Waals surface area contributed by atoms with Crippen LogP contribution in [0.2, 0.25) is 0 Å². The molecule has 1 saturated heterocycles. The molecule has 6 heteroatoms. The van der Waals surface area contributed by atoms with Gasteiger partial charge in [-0.25, -0.2) is 4.98 Å². The first-order chi connectivity index (χ1) is 9.15. The number of hydrogen-bond donors (Lipinski definition) is 1. The number of nitrogens with zero attached hydrogens (tertiary/aromatic N) is 1. The Hall–Kier alpha value is -0.980. The maximum atomic E-state index is 11.7. The lowest BCUT2D eigenvalue weighted by Gasteiger charge is -2.09. The van der Waals surface area contributed by atoms with E-state index in [4.69, 9.17) is 9.47 Å². The van der Waals surface area contributed by atoms with Gasteiger partial charge in [0, 0.05) is 17.7 Å². The summed E-state index contributed by atoms with van der Waals surface area (Å²) in [6.45, 7) is 5.55. The van der Waals surface area contributed by atoms with E-state index in [-0.39, 0.29) is 18.6 Å². The summed E-state index contributed by atoms with van der Waals surface area (Å²) in [7, 11) is 0. The molecule has 0 aromatic carbocycles. The van der Waals surface area contributed by atoms with E-state index in [1.807, 2.05) is 0 Å². The van der Waals surface area contributed by atoms with Gasteiger partial charge in [-0.2, -0.15) is 0 Å². The van der Waals surface area contributed by atoms with Crippen molar-refractivity contribution in [1.29, 1.82) is 0 Å². The number of aromatic nitrogens is 1. The molecule has 0 bridgehead atoms. The molecule has 2 heterocycles. The fraction of sp³-hybridized carbons (Fsp3) is 0.692. The van der Waals surface area contributed by atoms with E-state index in [1.54, 1.807) is 6.20 Å². The molecule has 2 rings (SSSR count). The quantitative estimate of drug-likeness (QED) is 0.871. The van der Waals surface area contributed by atoms with E-state index in [2.05, 4.69) is 24.1 Å². The summed E-state index contributed by atoms with van der Waals surface area (Å²) in [5.74, 6) is 0.265. The molecule has 1 amide bonds. The van der Waals surface area contributed by atoms with Crippen LogP contribution in [0.5, 0.6) is 0 Å². The first kappa shape index (κ1) is 14.4. The highest BCUT2D eigenvalue weighted by molar-refractivity contribution is 7.15. The SMILES string of the molecule is CC(C)c1cnc(NC(=O)COCC2CCCO2)s1. The molecule has 1 aliphatic heterocycles. The van der Waals surface area contributed by atoms with Gasteiger partial charge in [0.25, 0.3) is 5.91 Å². The Balaban J connectivity index is 1.68. The van der Waals surface area contributed by atoms with Crippen molar-refractivity contribution in [3.63, 3.8) is 0 Å². The molecule has 5 nitrogen and oxygen atoms in total. The Labute approximate surface area is 117 Å². The lowest BCUT2D eigenvalue weighted by molar-refractivity contribution is -0.121. The fourth-order valence-corrected chi connectivity index (χ4v) is 2.66. The van der Waals surface area contributed by atoms with E-state index in [0.717, 1.165) is 24.3 Å². The van der Waals surface area contributed by atoms with Gasteiger partial charge in [0.05, 0.1) is 12.7 Å². The number of ether oxygens (including phenoxy) is 2. The van der Waals surface area contributed by atoms with Gasteiger partial charge in [0.15, 0.2) is 5.13 Å². The second-order valence-corrected chi connectivity index (χ2v) is 5.98. The number of rotatable bonds is 6. The number of nitrogens with one attached hydrogen (secondary N) is 1. The molecule has 0 saturated carbocycles. The van der Waals surface area contributed by atoms with Gasteiger partial charge in [0.2, 0.25) is 0 Å². The summed E-state index contributed by atoms with van der Waals surface area (Å²) in [6, 6.07) is 0. The highest BCUT2D eigenvalue weighted by atomic mass is 32.1. The monoisotopic (exact) mass is 284 g/mol. The molecule has 1 aliphatic rings. The number of carbonyl (C=O) groups excluding carboxylic acids is 1. The second-order valence-electron chi connectivity index (χ2n) is 4.92. The minimum atomic E-state index is -0.164. The van der Waals surface area contributed by atoms with Crippen molar-refractivity contribution in [2.24, 2.45) is 0 Å². The molecule has 1 aromatic heterocycles. The average molecular weight is 284 g/mol. The largest absolute Gasteiger partial charge is 0.376 e. The van der Waals surface area contributed by atoms with E-state index < -0.39 is 0 Å². The first-order valence-corrected chi connectivity index (χ1v) is 7.41. The van der Waals surface area contributed by atoms with E-state index in [9.17, 15) is 4.79 Å². The van der Waals surface area contributed by atoms with Crippen LogP contribution in [0.25, 0.3) is 0 Å². The van der Waals surface area contributed by atoms with Crippen LogP contribution >= 0.6 is 11.3 Å². The summed E-state index contributed by atoms with van der Waals surface area (Å²) in [4.78, 5) is 17.0. The van der Waals surface area contributed by atoms with Crippen molar-refractivity contribution in [3.05, 3.63) is 11.1 Å². The number of amides is 1. The van der Waals surface area contributed by atoms with E-state index in [0.29, 0.717) is 17.7 Å². The average Bonchev–Trinajstić information content (AvgIpc) is 3.00. The summed E-state index contributed by atoms with van der Waals surface area (Å²) in [6.07, 6.45) is 4.06. The zero-order valence-electron chi connectivity index (χ0n) is 11.3. The molecule has 1 atom stereocenters. The van der Waals surface area contributed by atoms with Crippen LogP contribution in [0.15, 0.2) is 6.20 Å². The Kier molecular flexibility index (Phi) is 5.30. The zero-order valence-corrected chi connectivity index (χ0v) is 12.2. The van der Waals surface area contributed by atoms with Crippen LogP contribution in [0.3, 0.4) is 0 Å². The summed E-state index contributed by atoms with van der Waals surface area (Å²) in [5.41, 5.74) is 0. The Morgan fingerprint density at radius 1 is 1.68 bits per heavy atom.